The molecule has 1 fully saturated rings. The van der Waals surface area contributed by atoms with Gasteiger partial charge >= 0.3 is 0 Å². The van der Waals surface area contributed by atoms with Crippen molar-refractivity contribution in [3.05, 3.63) is 59.4 Å². The van der Waals surface area contributed by atoms with Gasteiger partial charge in [0.1, 0.15) is 0 Å². The highest BCUT2D eigenvalue weighted by Crippen LogP contribution is 2.21. The molecule has 8 heteroatoms. The van der Waals surface area contributed by atoms with Crippen molar-refractivity contribution in [2.24, 2.45) is 0 Å². The lowest BCUT2D eigenvalue weighted by Gasteiger charge is -2.36. The fourth-order valence-corrected chi connectivity index (χ4v) is 2.99. The second-order valence-corrected chi connectivity index (χ2v) is 6.23. The number of halogens is 3. The molecule has 0 radical (unpaired) electrons. The van der Waals surface area contributed by atoms with E-state index in [4.69, 9.17) is 0 Å². The third-order valence-electron chi connectivity index (χ3n) is 4.39. The summed E-state index contributed by atoms with van der Waals surface area (Å²) >= 11 is 0. The summed E-state index contributed by atoms with van der Waals surface area (Å²) in [7, 11) is 0. The van der Waals surface area contributed by atoms with Crippen molar-refractivity contribution in [2.45, 2.75) is 6.92 Å². The lowest BCUT2D eigenvalue weighted by Crippen LogP contribution is -2.49. The molecule has 1 aliphatic heterocycles. The predicted molar refractivity (Wildman–Crippen MR) is 95.2 cm³/mol. The van der Waals surface area contributed by atoms with E-state index in [1.807, 2.05) is 17.0 Å². The second kappa shape index (κ2) is 7.69. The van der Waals surface area contributed by atoms with Crippen molar-refractivity contribution >= 4 is 23.2 Å². The molecule has 0 saturated carbocycles. The van der Waals surface area contributed by atoms with Crippen LogP contribution in [0.15, 0.2) is 36.4 Å². The van der Waals surface area contributed by atoms with Crippen LogP contribution in [0.3, 0.4) is 0 Å². The van der Waals surface area contributed by atoms with E-state index in [2.05, 4.69) is 5.32 Å². The zero-order valence-electron chi connectivity index (χ0n) is 14.6. The van der Waals surface area contributed by atoms with E-state index in [-0.39, 0.29) is 5.91 Å². The third-order valence-corrected chi connectivity index (χ3v) is 4.39. The Hall–Kier alpha value is -3.03. The Bertz CT molecular complexity index is 863. The topological polar surface area (TPSA) is 52.7 Å². The first-order valence-electron chi connectivity index (χ1n) is 8.42. The Kier molecular flexibility index (Phi) is 5.34. The van der Waals surface area contributed by atoms with Crippen molar-refractivity contribution < 1.29 is 22.8 Å². The maximum atomic E-state index is 13.8. The van der Waals surface area contributed by atoms with E-state index in [9.17, 15) is 22.8 Å². The highest BCUT2D eigenvalue weighted by Gasteiger charge is 2.26. The van der Waals surface area contributed by atoms with Gasteiger partial charge in [0.05, 0.1) is 5.56 Å². The molecule has 0 unspecified atom stereocenters. The molecule has 2 aromatic carbocycles. The van der Waals surface area contributed by atoms with Crippen molar-refractivity contribution in [3.63, 3.8) is 0 Å². The largest absolute Gasteiger partial charge is 0.368 e. The number of anilines is 2. The van der Waals surface area contributed by atoms with Crippen LogP contribution in [-0.2, 0) is 4.79 Å². The summed E-state index contributed by atoms with van der Waals surface area (Å²) in [5.41, 5.74) is 1.14. The van der Waals surface area contributed by atoms with Crippen LogP contribution in [0, 0.1) is 17.5 Å². The van der Waals surface area contributed by atoms with E-state index in [1.165, 1.54) is 11.8 Å². The van der Waals surface area contributed by atoms with Gasteiger partial charge in [-0.3, -0.25) is 9.59 Å². The van der Waals surface area contributed by atoms with Crippen LogP contribution in [0.25, 0.3) is 0 Å². The fraction of sp³-hybridized carbons (Fsp3) is 0.263. The zero-order valence-corrected chi connectivity index (χ0v) is 14.6. The number of hydrogen-bond donors (Lipinski definition) is 1. The second-order valence-electron chi connectivity index (χ2n) is 6.23. The summed E-state index contributed by atoms with van der Waals surface area (Å²) in [5, 5.41) is 2.69. The van der Waals surface area contributed by atoms with Crippen LogP contribution < -0.4 is 10.2 Å². The molecule has 0 bridgehead atoms. The molecule has 1 N–H and O–H groups in total. The molecule has 2 amide bonds. The summed E-state index contributed by atoms with van der Waals surface area (Å²) < 4.78 is 40.2. The summed E-state index contributed by atoms with van der Waals surface area (Å²) in [6.45, 7) is 3.10. The average molecular weight is 377 g/mol. The van der Waals surface area contributed by atoms with Gasteiger partial charge in [-0.25, -0.2) is 13.2 Å². The summed E-state index contributed by atoms with van der Waals surface area (Å²) in [6, 6.07) is 8.99. The normalized spacial score (nSPS) is 14.2. The quantitative estimate of drug-likeness (QED) is 0.837. The number of benzene rings is 2. The number of piperazine rings is 1. The number of nitrogens with zero attached hydrogens (tertiary/aromatic N) is 2. The number of hydrogen-bond acceptors (Lipinski definition) is 3. The summed E-state index contributed by atoms with van der Waals surface area (Å²) in [5.74, 6) is -5.24. The van der Waals surface area contributed by atoms with Crippen LogP contribution in [0.5, 0.6) is 0 Å². The van der Waals surface area contributed by atoms with Gasteiger partial charge in [0, 0.05) is 44.5 Å². The Labute approximate surface area is 154 Å². The SMILES string of the molecule is CC(=O)Nc1ccc(N2CCN(C(=O)c3ccc(F)c(F)c3F)CC2)cc1. The van der Waals surface area contributed by atoms with Crippen molar-refractivity contribution in [1.29, 1.82) is 0 Å². The zero-order chi connectivity index (χ0) is 19.6. The van der Waals surface area contributed by atoms with Gasteiger partial charge in [-0.2, -0.15) is 0 Å². The van der Waals surface area contributed by atoms with Crippen molar-refractivity contribution in [2.75, 3.05) is 36.4 Å². The molecule has 5 nitrogen and oxygen atoms in total. The molecule has 0 aliphatic carbocycles. The van der Waals surface area contributed by atoms with Crippen LogP contribution in [0.1, 0.15) is 17.3 Å². The number of rotatable bonds is 3. The van der Waals surface area contributed by atoms with Gasteiger partial charge in [-0.05, 0) is 36.4 Å². The molecule has 1 aliphatic rings. The molecule has 0 spiro atoms. The summed E-state index contributed by atoms with van der Waals surface area (Å²) in [4.78, 5) is 26.9. The number of carbonyl (C=O) groups is 2. The highest BCUT2D eigenvalue weighted by molar-refractivity contribution is 5.94. The first-order valence-corrected chi connectivity index (χ1v) is 8.42. The Morgan fingerprint density at radius 1 is 0.889 bits per heavy atom. The van der Waals surface area contributed by atoms with Gasteiger partial charge in [-0.15, -0.1) is 0 Å². The van der Waals surface area contributed by atoms with E-state index < -0.39 is 28.9 Å². The molecule has 2 aromatic rings. The standard InChI is InChI=1S/C19H18F3N3O2/c1-12(26)23-13-2-4-14(5-3-13)24-8-10-25(11-9-24)19(27)15-6-7-16(20)18(22)17(15)21/h2-7H,8-11H2,1H3,(H,23,26). The maximum Gasteiger partial charge on any atom is 0.257 e. The minimum Gasteiger partial charge on any atom is -0.368 e. The molecule has 3 rings (SSSR count). The van der Waals surface area contributed by atoms with Crippen LogP contribution in [0.2, 0.25) is 0 Å². The number of carbonyl (C=O) groups excluding carboxylic acids is 2. The van der Waals surface area contributed by atoms with Gasteiger partial charge < -0.3 is 15.1 Å². The molecule has 0 aromatic heterocycles. The first kappa shape index (κ1) is 18.8. The Balaban J connectivity index is 1.64. The summed E-state index contributed by atoms with van der Waals surface area (Å²) in [6.07, 6.45) is 0. The minimum absolute atomic E-state index is 0.153. The molecule has 1 saturated heterocycles. The number of amides is 2. The van der Waals surface area contributed by atoms with Gasteiger partial charge in [0.25, 0.3) is 5.91 Å². The van der Waals surface area contributed by atoms with Crippen LogP contribution in [-0.4, -0.2) is 42.9 Å². The molecular formula is C19H18F3N3O2. The van der Waals surface area contributed by atoms with Crippen LogP contribution >= 0.6 is 0 Å². The first-order chi connectivity index (χ1) is 12.9. The van der Waals surface area contributed by atoms with Gasteiger partial charge in [0.2, 0.25) is 5.91 Å². The Morgan fingerprint density at radius 3 is 2.11 bits per heavy atom. The lowest BCUT2D eigenvalue weighted by molar-refractivity contribution is -0.114. The molecular weight excluding hydrogens is 359 g/mol. The van der Waals surface area contributed by atoms with E-state index in [0.29, 0.717) is 31.9 Å². The minimum atomic E-state index is -1.64. The molecule has 142 valence electrons. The van der Waals surface area contributed by atoms with Gasteiger partial charge in [-0.1, -0.05) is 0 Å². The van der Waals surface area contributed by atoms with Crippen molar-refractivity contribution in [3.8, 4) is 0 Å². The third kappa shape index (κ3) is 4.05. The van der Waals surface area contributed by atoms with E-state index >= 15 is 0 Å². The van der Waals surface area contributed by atoms with Crippen LogP contribution in [0.4, 0.5) is 24.5 Å². The smallest absolute Gasteiger partial charge is 0.257 e. The monoisotopic (exact) mass is 377 g/mol. The van der Waals surface area contributed by atoms with Crippen molar-refractivity contribution in [1.82, 2.24) is 4.90 Å². The number of nitrogens with one attached hydrogen (secondary N) is 1. The fourth-order valence-electron chi connectivity index (χ4n) is 2.99. The predicted octanol–water partition coefficient (Wildman–Crippen LogP) is 3.02. The van der Waals surface area contributed by atoms with Gasteiger partial charge in [0.15, 0.2) is 17.5 Å². The molecule has 0 atom stereocenters. The maximum absolute atomic E-state index is 13.8. The van der Waals surface area contributed by atoms with E-state index in [0.717, 1.165) is 17.8 Å². The molecule has 1 heterocycles. The lowest BCUT2D eigenvalue weighted by atomic mass is 10.1. The Morgan fingerprint density at radius 2 is 1.52 bits per heavy atom. The average Bonchev–Trinajstić information content (AvgIpc) is 2.66. The van der Waals surface area contributed by atoms with E-state index in [1.54, 1.807) is 12.1 Å². The molecule has 27 heavy (non-hydrogen) atoms. The highest BCUT2D eigenvalue weighted by atomic mass is 19.2.